The normalized spacial score (nSPS) is 10.9. The van der Waals surface area contributed by atoms with E-state index >= 15 is 0 Å². The van der Waals surface area contributed by atoms with Gasteiger partial charge >= 0.3 is 0 Å². The summed E-state index contributed by atoms with van der Waals surface area (Å²) in [6.45, 7) is 3.77. The molecule has 4 aromatic rings. The largest absolute Gasteiger partial charge is 0.331 e. The molecule has 0 aliphatic rings. The number of benzene rings is 3. The number of anilines is 1. The SMILES string of the molecule is CC(C)N(CC(=O)Nc1cc(-c2ccccc2)nn1-c1ccccc1Cl)C(=O)CCc1ccccc1. The van der Waals surface area contributed by atoms with Crippen molar-refractivity contribution in [1.82, 2.24) is 14.7 Å². The van der Waals surface area contributed by atoms with Crippen LogP contribution in [-0.4, -0.2) is 39.1 Å². The Morgan fingerprint density at radius 3 is 2.25 bits per heavy atom. The van der Waals surface area contributed by atoms with E-state index in [0.717, 1.165) is 11.1 Å². The van der Waals surface area contributed by atoms with Crippen molar-refractivity contribution in [2.45, 2.75) is 32.7 Å². The molecule has 0 saturated heterocycles. The van der Waals surface area contributed by atoms with Crippen LogP contribution in [0.2, 0.25) is 5.02 Å². The summed E-state index contributed by atoms with van der Waals surface area (Å²) in [5.74, 6) is 0.116. The highest BCUT2D eigenvalue weighted by Gasteiger charge is 2.22. The molecule has 0 bridgehead atoms. The van der Waals surface area contributed by atoms with Crippen LogP contribution in [0.15, 0.2) is 91.0 Å². The third-order valence-electron chi connectivity index (χ3n) is 5.86. The lowest BCUT2D eigenvalue weighted by atomic mass is 10.1. The molecular formula is C29H29ClN4O2. The summed E-state index contributed by atoms with van der Waals surface area (Å²) in [6, 6.07) is 28.6. The van der Waals surface area contributed by atoms with Crippen LogP contribution in [-0.2, 0) is 16.0 Å². The summed E-state index contributed by atoms with van der Waals surface area (Å²) in [5.41, 5.74) is 3.36. The van der Waals surface area contributed by atoms with Crippen molar-refractivity contribution in [3.05, 3.63) is 102 Å². The second kappa shape index (κ2) is 11.7. The highest BCUT2D eigenvalue weighted by molar-refractivity contribution is 6.32. The van der Waals surface area contributed by atoms with Gasteiger partial charge in [-0.25, -0.2) is 4.68 Å². The van der Waals surface area contributed by atoms with Gasteiger partial charge in [0.25, 0.3) is 0 Å². The molecular weight excluding hydrogens is 472 g/mol. The molecule has 1 heterocycles. The van der Waals surface area contributed by atoms with E-state index in [1.807, 2.05) is 98.8 Å². The van der Waals surface area contributed by atoms with Gasteiger partial charge in [-0.3, -0.25) is 9.59 Å². The van der Waals surface area contributed by atoms with E-state index in [1.54, 1.807) is 15.6 Å². The molecule has 2 amide bonds. The van der Waals surface area contributed by atoms with E-state index in [-0.39, 0.29) is 24.4 Å². The molecule has 0 spiro atoms. The van der Waals surface area contributed by atoms with E-state index in [1.165, 1.54) is 0 Å². The standard InChI is InChI=1S/C29H29ClN4O2/c1-21(2)33(29(36)18-17-22-11-5-3-6-12-22)20-28(35)31-27-19-25(23-13-7-4-8-14-23)32-34(27)26-16-10-9-15-24(26)30/h3-16,19,21H,17-18,20H2,1-2H3,(H,31,35). The quantitative estimate of drug-likeness (QED) is 0.306. The van der Waals surface area contributed by atoms with Gasteiger partial charge in [-0.2, -0.15) is 5.10 Å². The topological polar surface area (TPSA) is 67.2 Å². The molecule has 0 atom stereocenters. The Morgan fingerprint density at radius 1 is 0.944 bits per heavy atom. The van der Waals surface area contributed by atoms with Gasteiger partial charge in [0.2, 0.25) is 11.8 Å². The summed E-state index contributed by atoms with van der Waals surface area (Å²) >= 11 is 6.45. The number of carbonyl (C=O) groups excluding carboxylic acids is 2. The number of nitrogens with one attached hydrogen (secondary N) is 1. The van der Waals surface area contributed by atoms with Gasteiger partial charge in [0.05, 0.1) is 16.4 Å². The molecule has 1 aromatic heterocycles. The summed E-state index contributed by atoms with van der Waals surface area (Å²) in [7, 11) is 0. The summed E-state index contributed by atoms with van der Waals surface area (Å²) < 4.78 is 1.62. The molecule has 7 heteroatoms. The molecule has 0 unspecified atom stereocenters. The zero-order valence-electron chi connectivity index (χ0n) is 20.4. The molecule has 0 aliphatic heterocycles. The van der Waals surface area contributed by atoms with Crippen molar-refractivity contribution in [3.63, 3.8) is 0 Å². The van der Waals surface area contributed by atoms with Crippen LogP contribution in [0, 0.1) is 0 Å². The lowest BCUT2D eigenvalue weighted by molar-refractivity contribution is -0.136. The van der Waals surface area contributed by atoms with Crippen LogP contribution in [0.3, 0.4) is 0 Å². The maximum Gasteiger partial charge on any atom is 0.245 e. The number of amides is 2. The minimum atomic E-state index is -0.301. The van der Waals surface area contributed by atoms with E-state index < -0.39 is 0 Å². The number of rotatable bonds is 9. The fourth-order valence-corrected chi connectivity index (χ4v) is 4.18. The van der Waals surface area contributed by atoms with Gasteiger partial charge in [-0.05, 0) is 38.0 Å². The molecule has 3 aromatic carbocycles. The van der Waals surface area contributed by atoms with Crippen molar-refractivity contribution < 1.29 is 9.59 Å². The van der Waals surface area contributed by atoms with Crippen LogP contribution in [0.4, 0.5) is 5.82 Å². The number of nitrogens with zero attached hydrogens (tertiary/aromatic N) is 3. The first kappa shape index (κ1) is 25.2. The molecule has 0 aliphatic carbocycles. The molecule has 6 nitrogen and oxygen atoms in total. The Bertz CT molecular complexity index is 1320. The molecule has 0 saturated carbocycles. The molecule has 184 valence electrons. The number of carbonyl (C=O) groups is 2. The minimum Gasteiger partial charge on any atom is -0.331 e. The number of hydrogen-bond acceptors (Lipinski definition) is 3. The van der Waals surface area contributed by atoms with Crippen LogP contribution >= 0.6 is 11.6 Å². The van der Waals surface area contributed by atoms with E-state index in [0.29, 0.717) is 35.1 Å². The Morgan fingerprint density at radius 2 is 1.58 bits per heavy atom. The Balaban J connectivity index is 1.53. The minimum absolute atomic E-state index is 0.0559. The van der Waals surface area contributed by atoms with Crippen LogP contribution < -0.4 is 5.32 Å². The van der Waals surface area contributed by atoms with Crippen molar-refractivity contribution in [2.75, 3.05) is 11.9 Å². The molecule has 0 radical (unpaired) electrons. The second-order valence-corrected chi connectivity index (χ2v) is 9.20. The lowest BCUT2D eigenvalue weighted by Crippen LogP contribution is -2.42. The summed E-state index contributed by atoms with van der Waals surface area (Å²) in [4.78, 5) is 27.7. The number of aryl methyl sites for hydroxylation is 1. The van der Waals surface area contributed by atoms with Crippen molar-refractivity contribution >= 4 is 29.2 Å². The van der Waals surface area contributed by atoms with E-state index in [4.69, 9.17) is 16.7 Å². The van der Waals surface area contributed by atoms with E-state index in [2.05, 4.69) is 5.32 Å². The maximum atomic E-state index is 13.1. The fourth-order valence-electron chi connectivity index (χ4n) is 3.96. The van der Waals surface area contributed by atoms with Crippen molar-refractivity contribution in [3.8, 4) is 16.9 Å². The first-order chi connectivity index (χ1) is 17.4. The third kappa shape index (κ3) is 6.20. The van der Waals surface area contributed by atoms with Crippen LogP contribution in [0.25, 0.3) is 16.9 Å². The van der Waals surface area contributed by atoms with Gasteiger partial charge < -0.3 is 10.2 Å². The Kier molecular flexibility index (Phi) is 8.18. The number of hydrogen-bond donors (Lipinski definition) is 1. The monoisotopic (exact) mass is 500 g/mol. The summed E-state index contributed by atoms with van der Waals surface area (Å²) in [5, 5.41) is 8.17. The van der Waals surface area contributed by atoms with Gasteiger partial charge in [-0.1, -0.05) is 84.4 Å². The molecule has 1 N–H and O–H groups in total. The van der Waals surface area contributed by atoms with Gasteiger partial charge in [-0.15, -0.1) is 0 Å². The van der Waals surface area contributed by atoms with Crippen LogP contribution in [0.5, 0.6) is 0 Å². The maximum absolute atomic E-state index is 13.1. The highest BCUT2D eigenvalue weighted by Crippen LogP contribution is 2.28. The number of halogens is 1. The van der Waals surface area contributed by atoms with Crippen molar-refractivity contribution in [2.24, 2.45) is 0 Å². The second-order valence-electron chi connectivity index (χ2n) is 8.79. The van der Waals surface area contributed by atoms with Crippen LogP contribution in [0.1, 0.15) is 25.8 Å². The molecule has 0 fully saturated rings. The highest BCUT2D eigenvalue weighted by atomic mass is 35.5. The smallest absolute Gasteiger partial charge is 0.245 e. The number of aromatic nitrogens is 2. The Hall–Kier alpha value is -3.90. The predicted octanol–water partition coefficient (Wildman–Crippen LogP) is 6.00. The molecule has 4 rings (SSSR count). The first-order valence-corrected chi connectivity index (χ1v) is 12.3. The van der Waals surface area contributed by atoms with Gasteiger partial charge in [0.15, 0.2) is 0 Å². The summed E-state index contributed by atoms with van der Waals surface area (Å²) in [6.07, 6.45) is 0.968. The average Bonchev–Trinajstić information content (AvgIpc) is 3.30. The van der Waals surface area contributed by atoms with Crippen molar-refractivity contribution in [1.29, 1.82) is 0 Å². The van der Waals surface area contributed by atoms with Gasteiger partial charge in [0, 0.05) is 24.1 Å². The Labute approximate surface area is 216 Å². The zero-order chi connectivity index (χ0) is 25.5. The zero-order valence-corrected chi connectivity index (χ0v) is 21.2. The molecule has 36 heavy (non-hydrogen) atoms. The lowest BCUT2D eigenvalue weighted by Gasteiger charge is -2.26. The first-order valence-electron chi connectivity index (χ1n) is 12.0. The fraction of sp³-hybridized carbons (Fsp3) is 0.207. The number of para-hydroxylation sites is 1. The predicted molar refractivity (Wildman–Crippen MR) is 144 cm³/mol. The van der Waals surface area contributed by atoms with Gasteiger partial charge in [0.1, 0.15) is 12.4 Å². The van der Waals surface area contributed by atoms with E-state index in [9.17, 15) is 9.59 Å². The average molecular weight is 501 g/mol. The third-order valence-corrected chi connectivity index (χ3v) is 6.17.